The van der Waals surface area contributed by atoms with Crippen LogP contribution in [0.25, 0.3) is 0 Å². The minimum Gasteiger partial charge on any atom is -0.484 e. The number of ether oxygens (including phenoxy) is 1. The Hall–Kier alpha value is -2.37. The van der Waals surface area contributed by atoms with Gasteiger partial charge in [-0.1, -0.05) is 56.9 Å². The van der Waals surface area contributed by atoms with Crippen molar-refractivity contribution in [2.45, 2.75) is 89.4 Å². The molecule has 2 aromatic rings. The molecule has 3 rings (SSSR count). The molecule has 1 saturated carbocycles. The van der Waals surface area contributed by atoms with E-state index in [1.54, 1.807) is 12.1 Å². The second-order valence-corrected chi connectivity index (χ2v) is 10.1. The highest BCUT2D eigenvalue weighted by molar-refractivity contribution is 5.33. The Labute approximate surface area is 211 Å². The minimum absolute atomic E-state index is 0.0742. The molecule has 1 fully saturated rings. The van der Waals surface area contributed by atoms with Gasteiger partial charge in [-0.3, -0.25) is 0 Å². The fourth-order valence-electron chi connectivity index (χ4n) is 5.09. The quantitative estimate of drug-likeness (QED) is 0.149. The SMILES string of the molecule is C=CCCc1ccc(CC(F)(F)COc2ccc(C3CCC(CCCCC)CC3)c(F)c2F)c(F)c1. The van der Waals surface area contributed by atoms with E-state index in [1.165, 1.54) is 49.9 Å². The molecule has 0 aliphatic heterocycles. The summed E-state index contributed by atoms with van der Waals surface area (Å²) in [7, 11) is 0. The van der Waals surface area contributed by atoms with Gasteiger partial charge in [0, 0.05) is 6.42 Å². The lowest BCUT2D eigenvalue weighted by Crippen LogP contribution is -2.29. The van der Waals surface area contributed by atoms with E-state index >= 15 is 0 Å². The van der Waals surface area contributed by atoms with Crippen LogP contribution in [0.5, 0.6) is 5.75 Å². The second-order valence-electron chi connectivity index (χ2n) is 10.1. The van der Waals surface area contributed by atoms with Crippen LogP contribution in [0.3, 0.4) is 0 Å². The van der Waals surface area contributed by atoms with E-state index in [1.807, 2.05) is 0 Å². The molecule has 0 saturated heterocycles. The topological polar surface area (TPSA) is 9.23 Å². The first-order chi connectivity index (χ1) is 17.2. The molecular formula is C30H37F5O. The van der Waals surface area contributed by atoms with Gasteiger partial charge in [0.2, 0.25) is 5.82 Å². The van der Waals surface area contributed by atoms with Crippen molar-refractivity contribution in [2.24, 2.45) is 5.92 Å². The van der Waals surface area contributed by atoms with Crippen molar-refractivity contribution in [1.82, 2.24) is 0 Å². The Morgan fingerprint density at radius 2 is 1.75 bits per heavy atom. The Balaban J connectivity index is 1.57. The molecule has 0 bridgehead atoms. The number of hydrogen-bond donors (Lipinski definition) is 0. The van der Waals surface area contributed by atoms with Gasteiger partial charge >= 0.3 is 0 Å². The molecule has 0 N–H and O–H groups in total. The maximum absolute atomic E-state index is 14.8. The normalized spacial score (nSPS) is 18.3. The summed E-state index contributed by atoms with van der Waals surface area (Å²) < 4.78 is 77.8. The summed E-state index contributed by atoms with van der Waals surface area (Å²) >= 11 is 0. The molecule has 1 aliphatic carbocycles. The number of rotatable bonds is 13. The van der Waals surface area contributed by atoms with Crippen LogP contribution < -0.4 is 4.74 Å². The van der Waals surface area contributed by atoms with Crippen molar-refractivity contribution in [2.75, 3.05) is 6.61 Å². The van der Waals surface area contributed by atoms with E-state index < -0.39 is 42.2 Å². The maximum atomic E-state index is 14.8. The van der Waals surface area contributed by atoms with Gasteiger partial charge in [-0.25, -0.2) is 17.6 Å². The van der Waals surface area contributed by atoms with Crippen LogP contribution in [0.1, 0.15) is 87.3 Å². The van der Waals surface area contributed by atoms with Gasteiger partial charge in [-0.2, -0.15) is 4.39 Å². The van der Waals surface area contributed by atoms with E-state index in [0.717, 1.165) is 25.7 Å². The largest absolute Gasteiger partial charge is 0.484 e. The molecule has 36 heavy (non-hydrogen) atoms. The predicted molar refractivity (Wildman–Crippen MR) is 134 cm³/mol. The van der Waals surface area contributed by atoms with Gasteiger partial charge in [0.25, 0.3) is 5.92 Å². The lowest BCUT2D eigenvalue weighted by molar-refractivity contribution is -0.0416. The Morgan fingerprint density at radius 3 is 2.42 bits per heavy atom. The summed E-state index contributed by atoms with van der Waals surface area (Å²) in [5.74, 6) is -6.44. The number of aryl methyl sites for hydroxylation is 1. The van der Waals surface area contributed by atoms with Crippen LogP contribution in [-0.2, 0) is 12.8 Å². The Morgan fingerprint density at radius 1 is 1.00 bits per heavy atom. The molecule has 198 valence electrons. The van der Waals surface area contributed by atoms with Crippen LogP contribution in [0.15, 0.2) is 43.0 Å². The Bertz CT molecular complexity index is 995. The summed E-state index contributed by atoms with van der Waals surface area (Å²) in [4.78, 5) is 0. The van der Waals surface area contributed by atoms with E-state index in [-0.39, 0.29) is 17.0 Å². The van der Waals surface area contributed by atoms with E-state index in [0.29, 0.717) is 24.3 Å². The van der Waals surface area contributed by atoms with Crippen molar-refractivity contribution in [1.29, 1.82) is 0 Å². The van der Waals surface area contributed by atoms with Gasteiger partial charge in [0.1, 0.15) is 5.82 Å². The number of halogens is 5. The molecule has 0 aromatic heterocycles. The zero-order valence-corrected chi connectivity index (χ0v) is 21.1. The molecule has 2 aromatic carbocycles. The second kappa shape index (κ2) is 13.3. The highest BCUT2D eigenvalue weighted by atomic mass is 19.3. The van der Waals surface area contributed by atoms with Gasteiger partial charge in [0.05, 0.1) is 0 Å². The number of allylic oxidation sites excluding steroid dienone is 1. The Kier molecular flexibility index (Phi) is 10.4. The molecule has 0 unspecified atom stereocenters. The first-order valence-electron chi connectivity index (χ1n) is 13.1. The molecule has 6 heteroatoms. The van der Waals surface area contributed by atoms with Crippen LogP contribution >= 0.6 is 0 Å². The van der Waals surface area contributed by atoms with Gasteiger partial charge in [-0.05, 0) is 79.2 Å². The number of unbranched alkanes of at least 4 members (excludes halogenated alkanes) is 2. The maximum Gasteiger partial charge on any atom is 0.285 e. The average molecular weight is 509 g/mol. The van der Waals surface area contributed by atoms with Crippen LogP contribution in [0.4, 0.5) is 22.0 Å². The molecule has 1 nitrogen and oxygen atoms in total. The monoisotopic (exact) mass is 508 g/mol. The number of alkyl halides is 2. The van der Waals surface area contributed by atoms with Crippen LogP contribution in [0, 0.1) is 23.4 Å². The summed E-state index contributed by atoms with van der Waals surface area (Å²) in [5.41, 5.74) is 0.828. The zero-order valence-electron chi connectivity index (χ0n) is 21.1. The van der Waals surface area contributed by atoms with Crippen LogP contribution in [0.2, 0.25) is 0 Å². The zero-order chi connectivity index (χ0) is 26.1. The summed E-state index contributed by atoms with van der Waals surface area (Å²) in [5, 5.41) is 0. The van der Waals surface area contributed by atoms with E-state index in [2.05, 4.69) is 13.5 Å². The summed E-state index contributed by atoms with van der Waals surface area (Å²) in [6.45, 7) is 4.60. The molecule has 1 aliphatic rings. The first-order valence-corrected chi connectivity index (χ1v) is 13.1. The van der Waals surface area contributed by atoms with E-state index in [9.17, 15) is 22.0 Å². The number of hydrogen-bond acceptors (Lipinski definition) is 1. The summed E-state index contributed by atoms with van der Waals surface area (Å²) in [6, 6.07) is 6.85. The fourth-order valence-corrected chi connectivity index (χ4v) is 5.09. The third-order valence-corrected chi connectivity index (χ3v) is 7.22. The van der Waals surface area contributed by atoms with Gasteiger partial charge in [0.15, 0.2) is 18.2 Å². The van der Waals surface area contributed by atoms with Crippen molar-refractivity contribution < 1.29 is 26.7 Å². The first kappa shape index (κ1) is 28.2. The number of benzene rings is 2. The third-order valence-electron chi connectivity index (χ3n) is 7.22. The average Bonchev–Trinajstić information content (AvgIpc) is 2.86. The lowest BCUT2D eigenvalue weighted by Gasteiger charge is -2.29. The molecule has 0 spiro atoms. The van der Waals surface area contributed by atoms with Crippen molar-refractivity contribution in [3.05, 3.63) is 77.1 Å². The standard InChI is InChI=1S/C30H37F5O/c1-3-5-7-9-21-10-13-23(14-11-21)25-16-17-27(29(33)28(25)32)36-20-30(34,35)19-24-15-12-22(8-6-4-2)18-26(24)31/h4,12,15-18,21,23H,2-3,5-11,13-14,19-20H2,1H3. The minimum atomic E-state index is -3.46. The third kappa shape index (κ3) is 7.81. The van der Waals surface area contributed by atoms with Crippen molar-refractivity contribution >= 4 is 0 Å². The molecule has 0 atom stereocenters. The fraction of sp³-hybridized carbons (Fsp3) is 0.533. The smallest absolute Gasteiger partial charge is 0.285 e. The van der Waals surface area contributed by atoms with Crippen LogP contribution in [-0.4, -0.2) is 12.5 Å². The summed E-state index contributed by atoms with van der Waals surface area (Å²) in [6.07, 6.45) is 10.4. The predicted octanol–water partition coefficient (Wildman–Crippen LogP) is 9.33. The van der Waals surface area contributed by atoms with Crippen molar-refractivity contribution in [3.63, 3.8) is 0 Å². The van der Waals surface area contributed by atoms with E-state index in [4.69, 9.17) is 4.74 Å². The van der Waals surface area contributed by atoms with Gasteiger partial charge in [-0.15, -0.1) is 6.58 Å². The lowest BCUT2D eigenvalue weighted by atomic mass is 9.77. The van der Waals surface area contributed by atoms with Gasteiger partial charge < -0.3 is 4.74 Å². The molecule has 0 amide bonds. The molecule has 0 heterocycles. The highest BCUT2D eigenvalue weighted by Crippen LogP contribution is 2.40. The molecular weight excluding hydrogens is 471 g/mol. The molecule has 0 radical (unpaired) electrons. The highest BCUT2D eigenvalue weighted by Gasteiger charge is 2.33. The van der Waals surface area contributed by atoms with Crippen molar-refractivity contribution in [3.8, 4) is 5.75 Å².